The van der Waals surface area contributed by atoms with Crippen LogP contribution >= 0.6 is 0 Å². The molecule has 100 valence electrons. The molecule has 0 bridgehead atoms. The molecule has 1 aromatic heterocycles. The van der Waals surface area contributed by atoms with Crippen molar-refractivity contribution in [2.24, 2.45) is 5.92 Å². The second-order valence-electron chi connectivity index (χ2n) is 4.73. The van der Waals surface area contributed by atoms with Crippen molar-refractivity contribution < 1.29 is 9.59 Å². The second-order valence-corrected chi connectivity index (χ2v) is 4.73. The number of hydrogen-bond donors (Lipinski definition) is 3. The van der Waals surface area contributed by atoms with Gasteiger partial charge in [0, 0.05) is 17.6 Å². The highest BCUT2D eigenvalue weighted by Crippen LogP contribution is 2.16. The molecule has 0 atom stereocenters. The zero-order valence-electron chi connectivity index (χ0n) is 10.9. The topological polar surface area (TPSA) is 86.9 Å². The van der Waals surface area contributed by atoms with E-state index in [1.807, 2.05) is 19.9 Å². The molecular weight excluding hydrogens is 244 g/mol. The van der Waals surface area contributed by atoms with Crippen LogP contribution in [0.3, 0.4) is 0 Å². The van der Waals surface area contributed by atoms with Gasteiger partial charge in [-0.1, -0.05) is 13.8 Å². The number of fused-ring (bicyclic) bond motifs is 1. The van der Waals surface area contributed by atoms with Crippen LogP contribution in [0.1, 0.15) is 13.8 Å². The molecule has 0 fully saturated rings. The lowest BCUT2D eigenvalue weighted by molar-refractivity contribution is -0.136. The first kappa shape index (κ1) is 13.1. The van der Waals surface area contributed by atoms with E-state index in [4.69, 9.17) is 0 Å². The summed E-state index contributed by atoms with van der Waals surface area (Å²) in [5, 5.41) is 12.7. The van der Waals surface area contributed by atoms with Gasteiger partial charge in [0.25, 0.3) is 0 Å². The fraction of sp³-hybridized carbons (Fsp3) is 0.308. The van der Waals surface area contributed by atoms with Gasteiger partial charge in [-0.15, -0.1) is 0 Å². The molecule has 0 spiro atoms. The molecule has 3 N–H and O–H groups in total. The number of nitrogens with zero attached hydrogens (tertiary/aromatic N) is 1. The first-order chi connectivity index (χ1) is 9.06. The molecule has 0 radical (unpaired) electrons. The highest BCUT2D eigenvalue weighted by atomic mass is 16.2. The van der Waals surface area contributed by atoms with Crippen molar-refractivity contribution in [3.63, 3.8) is 0 Å². The third kappa shape index (κ3) is 3.31. The number of anilines is 1. The maximum absolute atomic E-state index is 11.7. The average Bonchev–Trinajstić information content (AvgIpc) is 2.83. The molecule has 6 nitrogen and oxygen atoms in total. The average molecular weight is 260 g/mol. The molecule has 6 heteroatoms. The quantitative estimate of drug-likeness (QED) is 0.726. The van der Waals surface area contributed by atoms with Gasteiger partial charge in [-0.05, 0) is 24.1 Å². The maximum Gasteiger partial charge on any atom is 0.313 e. The molecule has 2 amide bonds. The maximum atomic E-state index is 11.7. The van der Waals surface area contributed by atoms with Crippen LogP contribution in [-0.4, -0.2) is 28.6 Å². The summed E-state index contributed by atoms with van der Waals surface area (Å²) >= 11 is 0. The van der Waals surface area contributed by atoms with E-state index in [9.17, 15) is 9.59 Å². The first-order valence-electron chi connectivity index (χ1n) is 6.08. The number of benzene rings is 1. The molecule has 2 aromatic rings. The molecule has 0 saturated heterocycles. The summed E-state index contributed by atoms with van der Waals surface area (Å²) in [5.74, 6) is -0.990. The number of H-pyrrole nitrogens is 1. The number of carbonyl (C=O) groups excluding carboxylic acids is 2. The highest BCUT2D eigenvalue weighted by molar-refractivity contribution is 6.39. The Morgan fingerprint density at radius 2 is 2.11 bits per heavy atom. The van der Waals surface area contributed by atoms with Crippen LogP contribution in [-0.2, 0) is 9.59 Å². The number of nitrogens with one attached hydrogen (secondary N) is 3. The van der Waals surface area contributed by atoms with Gasteiger partial charge in [-0.25, -0.2) is 0 Å². The molecule has 19 heavy (non-hydrogen) atoms. The fourth-order valence-electron chi connectivity index (χ4n) is 1.58. The van der Waals surface area contributed by atoms with Crippen LogP contribution in [0.25, 0.3) is 10.9 Å². The fourth-order valence-corrected chi connectivity index (χ4v) is 1.58. The van der Waals surface area contributed by atoms with E-state index in [-0.39, 0.29) is 0 Å². The van der Waals surface area contributed by atoms with Gasteiger partial charge in [-0.2, -0.15) is 5.10 Å². The summed E-state index contributed by atoms with van der Waals surface area (Å²) in [4.78, 5) is 23.2. The van der Waals surface area contributed by atoms with E-state index in [1.165, 1.54) is 0 Å². The number of amides is 2. The van der Waals surface area contributed by atoms with Crippen LogP contribution in [0.4, 0.5) is 5.69 Å². The molecule has 0 aliphatic rings. The van der Waals surface area contributed by atoms with Crippen molar-refractivity contribution in [3.05, 3.63) is 24.4 Å². The number of rotatable bonds is 3. The van der Waals surface area contributed by atoms with E-state index in [2.05, 4.69) is 20.8 Å². The van der Waals surface area contributed by atoms with Gasteiger partial charge < -0.3 is 10.6 Å². The van der Waals surface area contributed by atoms with Crippen LogP contribution in [0, 0.1) is 5.92 Å². The van der Waals surface area contributed by atoms with E-state index < -0.39 is 11.8 Å². The summed E-state index contributed by atoms with van der Waals surface area (Å²) in [7, 11) is 0. The largest absolute Gasteiger partial charge is 0.348 e. The van der Waals surface area contributed by atoms with Gasteiger partial charge in [-0.3, -0.25) is 14.7 Å². The predicted molar refractivity (Wildman–Crippen MR) is 72.6 cm³/mol. The summed E-state index contributed by atoms with van der Waals surface area (Å²) in [5.41, 5.74) is 1.36. The monoisotopic (exact) mass is 260 g/mol. The van der Waals surface area contributed by atoms with Crippen LogP contribution in [0.15, 0.2) is 24.4 Å². The van der Waals surface area contributed by atoms with Gasteiger partial charge in [0.05, 0.1) is 11.7 Å². The van der Waals surface area contributed by atoms with Gasteiger partial charge >= 0.3 is 11.8 Å². The summed E-state index contributed by atoms with van der Waals surface area (Å²) in [6.07, 6.45) is 1.69. The van der Waals surface area contributed by atoms with Crippen molar-refractivity contribution >= 4 is 28.4 Å². The molecule has 0 saturated carbocycles. The third-order valence-electron chi connectivity index (χ3n) is 2.58. The Hall–Kier alpha value is -2.37. The number of aromatic nitrogens is 2. The summed E-state index contributed by atoms with van der Waals surface area (Å²) in [6, 6.07) is 5.28. The zero-order valence-corrected chi connectivity index (χ0v) is 10.9. The molecule has 0 aliphatic carbocycles. The number of hydrogen-bond acceptors (Lipinski definition) is 3. The van der Waals surface area contributed by atoms with E-state index in [1.54, 1.807) is 18.3 Å². The van der Waals surface area contributed by atoms with Crippen molar-refractivity contribution in [2.45, 2.75) is 13.8 Å². The Morgan fingerprint density at radius 3 is 2.84 bits per heavy atom. The molecule has 0 unspecified atom stereocenters. The first-order valence-corrected chi connectivity index (χ1v) is 6.08. The normalized spacial score (nSPS) is 10.7. The van der Waals surface area contributed by atoms with Crippen LogP contribution in [0.5, 0.6) is 0 Å². The lowest BCUT2D eigenvalue weighted by Crippen LogP contribution is -2.37. The minimum atomic E-state index is -0.667. The Bertz CT molecular complexity index is 603. The Balaban J connectivity index is 1.99. The smallest absolute Gasteiger partial charge is 0.313 e. The van der Waals surface area contributed by atoms with Crippen LogP contribution in [0.2, 0.25) is 0 Å². The second kappa shape index (κ2) is 5.51. The standard InChI is InChI=1S/C13H16N4O2/c1-8(2)6-14-12(18)13(19)16-10-4-3-9-7-15-17-11(9)5-10/h3-5,7-8H,6H2,1-2H3,(H,14,18)(H,15,17)(H,16,19). The van der Waals surface area contributed by atoms with E-state index in [0.717, 1.165) is 10.9 Å². The van der Waals surface area contributed by atoms with Crippen molar-refractivity contribution in [3.8, 4) is 0 Å². The van der Waals surface area contributed by atoms with Crippen molar-refractivity contribution in [2.75, 3.05) is 11.9 Å². The Kier molecular flexibility index (Phi) is 3.79. The molecule has 0 aliphatic heterocycles. The lowest BCUT2D eigenvalue weighted by atomic mass is 10.2. The molecular formula is C13H16N4O2. The molecule has 2 rings (SSSR count). The van der Waals surface area contributed by atoms with Crippen molar-refractivity contribution in [1.82, 2.24) is 15.5 Å². The zero-order chi connectivity index (χ0) is 13.8. The number of carbonyl (C=O) groups is 2. The van der Waals surface area contributed by atoms with Crippen molar-refractivity contribution in [1.29, 1.82) is 0 Å². The Labute approximate surface area is 110 Å². The van der Waals surface area contributed by atoms with Gasteiger partial charge in [0.2, 0.25) is 0 Å². The predicted octanol–water partition coefficient (Wildman–Crippen LogP) is 1.27. The molecule has 1 aromatic carbocycles. The summed E-state index contributed by atoms with van der Waals surface area (Å²) in [6.45, 7) is 4.40. The van der Waals surface area contributed by atoms with E-state index in [0.29, 0.717) is 18.2 Å². The highest BCUT2D eigenvalue weighted by Gasteiger charge is 2.13. The summed E-state index contributed by atoms with van der Waals surface area (Å²) < 4.78 is 0. The van der Waals surface area contributed by atoms with E-state index >= 15 is 0 Å². The Morgan fingerprint density at radius 1 is 1.32 bits per heavy atom. The third-order valence-corrected chi connectivity index (χ3v) is 2.58. The SMILES string of the molecule is CC(C)CNC(=O)C(=O)Nc1ccc2cn[nH]c2c1. The van der Waals surface area contributed by atoms with Crippen LogP contribution < -0.4 is 10.6 Å². The minimum absolute atomic E-state index is 0.304. The molecule has 1 heterocycles. The number of aromatic amines is 1. The van der Waals surface area contributed by atoms with Gasteiger partial charge in [0.15, 0.2) is 0 Å². The van der Waals surface area contributed by atoms with Gasteiger partial charge in [0.1, 0.15) is 0 Å². The lowest BCUT2D eigenvalue weighted by Gasteiger charge is -2.08. The minimum Gasteiger partial charge on any atom is -0.348 e.